The first kappa shape index (κ1) is 15.6. The Kier molecular flexibility index (Phi) is 3.90. The molecule has 3 nitrogen and oxygen atoms in total. The zero-order valence-corrected chi connectivity index (χ0v) is 12.6. The molecular weight excluding hydrogens is 327 g/mol. The summed E-state index contributed by atoms with van der Waals surface area (Å²) in [4.78, 5) is 5.84. The van der Waals surface area contributed by atoms with Crippen LogP contribution in [0.1, 0.15) is 22.4 Å². The van der Waals surface area contributed by atoms with Gasteiger partial charge in [0.2, 0.25) is 0 Å². The van der Waals surface area contributed by atoms with Gasteiger partial charge < -0.3 is 4.90 Å². The minimum Gasteiger partial charge on any atom is -0.366 e. The van der Waals surface area contributed by atoms with E-state index in [2.05, 4.69) is 4.98 Å². The summed E-state index contributed by atoms with van der Waals surface area (Å²) >= 11 is 6.14. The SMILES string of the molecule is N#Cc1cc(N2CCc3cc(C(F)(F)F)ccc3C2)c(Cl)cn1. The molecule has 0 saturated carbocycles. The molecule has 0 N–H and O–H groups in total. The fourth-order valence-electron chi connectivity index (χ4n) is 2.67. The summed E-state index contributed by atoms with van der Waals surface area (Å²) in [5, 5.41) is 9.35. The van der Waals surface area contributed by atoms with E-state index in [4.69, 9.17) is 16.9 Å². The molecule has 0 fully saturated rings. The van der Waals surface area contributed by atoms with Crippen molar-refractivity contribution >= 4 is 17.3 Å². The van der Waals surface area contributed by atoms with Gasteiger partial charge in [-0.2, -0.15) is 18.4 Å². The molecule has 0 atom stereocenters. The Morgan fingerprint density at radius 1 is 1.22 bits per heavy atom. The summed E-state index contributed by atoms with van der Waals surface area (Å²) in [6.07, 6.45) is -2.43. The standard InChI is InChI=1S/C16H11ClF3N3/c17-14-8-22-13(7-21)6-15(14)23-4-3-10-5-12(16(18,19)20)2-1-11(10)9-23/h1-2,5-6,8H,3-4,9H2. The Labute approximate surface area is 135 Å². The number of anilines is 1. The van der Waals surface area contributed by atoms with Gasteiger partial charge in [0.15, 0.2) is 0 Å². The summed E-state index contributed by atoms with van der Waals surface area (Å²) in [7, 11) is 0. The number of alkyl halides is 3. The van der Waals surface area contributed by atoms with Crippen molar-refractivity contribution in [1.29, 1.82) is 5.26 Å². The highest BCUT2D eigenvalue weighted by Gasteiger charge is 2.31. The van der Waals surface area contributed by atoms with Crippen molar-refractivity contribution in [2.24, 2.45) is 0 Å². The van der Waals surface area contributed by atoms with Crippen molar-refractivity contribution in [1.82, 2.24) is 4.98 Å². The van der Waals surface area contributed by atoms with Crippen molar-refractivity contribution < 1.29 is 13.2 Å². The van der Waals surface area contributed by atoms with Gasteiger partial charge in [0.25, 0.3) is 0 Å². The number of halogens is 4. The van der Waals surface area contributed by atoms with E-state index >= 15 is 0 Å². The first-order valence-corrected chi connectivity index (χ1v) is 7.26. The van der Waals surface area contributed by atoms with Crippen LogP contribution in [-0.2, 0) is 19.1 Å². The Morgan fingerprint density at radius 2 is 2.00 bits per heavy atom. The van der Waals surface area contributed by atoms with Crippen LogP contribution >= 0.6 is 11.6 Å². The summed E-state index contributed by atoms with van der Waals surface area (Å²) in [6.45, 7) is 0.977. The van der Waals surface area contributed by atoms with Gasteiger partial charge in [-0.25, -0.2) is 4.98 Å². The normalized spacial score (nSPS) is 14.3. The van der Waals surface area contributed by atoms with E-state index in [0.717, 1.165) is 11.6 Å². The Bertz CT molecular complexity index is 796. The molecule has 1 aromatic heterocycles. The molecule has 7 heteroatoms. The Hall–Kier alpha value is -2.26. The number of benzene rings is 1. The number of nitrogens with zero attached hydrogens (tertiary/aromatic N) is 3. The zero-order chi connectivity index (χ0) is 16.6. The molecule has 0 unspecified atom stereocenters. The first-order valence-electron chi connectivity index (χ1n) is 6.88. The third kappa shape index (κ3) is 3.10. The number of hydrogen-bond acceptors (Lipinski definition) is 3. The molecular formula is C16H11ClF3N3. The number of nitriles is 1. The molecule has 1 aliphatic heterocycles. The van der Waals surface area contributed by atoms with Gasteiger partial charge >= 0.3 is 6.18 Å². The molecule has 2 heterocycles. The average molecular weight is 338 g/mol. The van der Waals surface area contributed by atoms with E-state index in [9.17, 15) is 13.2 Å². The van der Waals surface area contributed by atoms with Gasteiger partial charge in [-0.3, -0.25) is 0 Å². The molecule has 118 valence electrons. The average Bonchev–Trinajstić information content (AvgIpc) is 2.53. The summed E-state index contributed by atoms with van der Waals surface area (Å²) < 4.78 is 38.3. The second-order valence-corrected chi connectivity index (χ2v) is 5.69. The predicted octanol–water partition coefficient (Wildman–Crippen LogP) is 4.19. The van der Waals surface area contributed by atoms with E-state index in [-0.39, 0.29) is 5.69 Å². The smallest absolute Gasteiger partial charge is 0.366 e. The largest absolute Gasteiger partial charge is 0.416 e. The van der Waals surface area contributed by atoms with Crippen LogP contribution in [0.2, 0.25) is 5.02 Å². The van der Waals surface area contributed by atoms with Crippen LogP contribution in [0.15, 0.2) is 30.5 Å². The van der Waals surface area contributed by atoms with Crippen LogP contribution in [0, 0.1) is 11.3 Å². The molecule has 2 aromatic rings. The Morgan fingerprint density at radius 3 is 2.70 bits per heavy atom. The zero-order valence-electron chi connectivity index (χ0n) is 11.9. The van der Waals surface area contributed by atoms with Gasteiger partial charge in [-0.05, 0) is 35.7 Å². The summed E-state index contributed by atoms with van der Waals surface area (Å²) in [5.41, 5.74) is 1.82. The second kappa shape index (κ2) is 5.74. The van der Waals surface area contributed by atoms with Crippen LogP contribution < -0.4 is 4.90 Å². The first-order chi connectivity index (χ1) is 10.9. The lowest BCUT2D eigenvalue weighted by atomic mass is 9.96. The lowest BCUT2D eigenvalue weighted by molar-refractivity contribution is -0.137. The molecule has 3 rings (SSSR count). The van der Waals surface area contributed by atoms with Crippen molar-refractivity contribution in [2.75, 3.05) is 11.4 Å². The summed E-state index contributed by atoms with van der Waals surface area (Å²) in [5.74, 6) is 0. The van der Waals surface area contributed by atoms with Crippen molar-refractivity contribution in [3.8, 4) is 6.07 Å². The van der Waals surface area contributed by atoms with Crippen molar-refractivity contribution in [2.45, 2.75) is 19.1 Å². The highest BCUT2D eigenvalue weighted by molar-refractivity contribution is 6.33. The van der Waals surface area contributed by atoms with Gasteiger partial charge in [0.05, 0.1) is 16.3 Å². The molecule has 0 radical (unpaired) electrons. The minimum absolute atomic E-state index is 0.252. The maximum atomic E-state index is 12.8. The van der Waals surface area contributed by atoms with Crippen LogP contribution in [0.4, 0.5) is 18.9 Å². The third-order valence-corrected chi connectivity index (χ3v) is 4.13. The van der Waals surface area contributed by atoms with E-state index in [1.807, 2.05) is 11.0 Å². The Balaban J connectivity index is 1.91. The quantitative estimate of drug-likeness (QED) is 0.783. The number of hydrogen-bond donors (Lipinski definition) is 0. The lowest BCUT2D eigenvalue weighted by Gasteiger charge is -2.31. The van der Waals surface area contributed by atoms with E-state index < -0.39 is 11.7 Å². The third-order valence-electron chi connectivity index (χ3n) is 3.84. The fraction of sp³-hybridized carbons (Fsp3) is 0.250. The number of pyridine rings is 1. The van der Waals surface area contributed by atoms with Crippen LogP contribution in [-0.4, -0.2) is 11.5 Å². The van der Waals surface area contributed by atoms with E-state index in [1.54, 1.807) is 6.07 Å². The fourth-order valence-corrected chi connectivity index (χ4v) is 2.89. The molecule has 1 aliphatic rings. The van der Waals surface area contributed by atoms with E-state index in [0.29, 0.717) is 35.8 Å². The number of fused-ring (bicyclic) bond motifs is 1. The van der Waals surface area contributed by atoms with Gasteiger partial charge in [0.1, 0.15) is 11.8 Å². The van der Waals surface area contributed by atoms with Gasteiger partial charge in [0, 0.05) is 19.3 Å². The monoisotopic (exact) mass is 337 g/mol. The second-order valence-electron chi connectivity index (χ2n) is 5.29. The van der Waals surface area contributed by atoms with Crippen LogP contribution in [0.3, 0.4) is 0 Å². The predicted molar refractivity (Wildman–Crippen MR) is 80.2 cm³/mol. The molecule has 0 amide bonds. The molecule has 0 spiro atoms. The van der Waals surface area contributed by atoms with Gasteiger partial charge in [-0.15, -0.1) is 0 Å². The molecule has 1 aromatic carbocycles. The lowest BCUT2D eigenvalue weighted by Crippen LogP contribution is -2.31. The minimum atomic E-state index is -4.33. The van der Waals surface area contributed by atoms with Crippen molar-refractivity contribution in [3.05, 3.63) is 57.9 Å². The topological polar surface area (TPSA) is 39.9 Å². The van der Waals surface area contributed by atoms with Crippen LogP contribution in [0.25, 0.3) is 0 Å². The molecule has 23 heavy (non-hydrogen) atoms. The molecule has 0 bridgehead atoms. The number of aromatic nitrogens is 1. The van der Waals surface area contributed by atoms with E-state index in [1.165, 1.54) is 18.3 Å². The highest BCUT2D eigenvalue weighted by atomic mass is 35.5. The van der Waals surface area contributed by atoms with Crippen LogP contribution in [0.5, 0.6) is 0 Å². The molecule has 0 aliphatic carbocycles. The maximum absolute atomic E-state index is 12.8. The number of rotatable bonds is 1. The molecule has 0 saturated heterocycles. The highest BCUT2D eigenvalue weighted by Crippen LogP contribution is 2.34. The van der Waals surface area contributed by atoms with Gasteiger partial charge in [-0.1, -0.05) is 17.7 Å². The maximum Gasteiger partial charge on any atom is 0.416 e. The van der Waals surface area contributed by atoms with Crippen molar-refractivity contribution in [3.63, 3.8) is 0 Å². The summed E-state index contributed by atoms with van der Waals surface area (Å²) in [6, 6.07) is 7.36.